The molecule has 4 rings (SSSR count). The Hall–Kier alpha value is -5.56. The predicted molar refractivity (Wildman–Crippen MR) is 180 cm³/mol. The summed E-state index contributed by atoms with van der Waals surface area (Å²) in [6.45, 7) is 0.487. The van der Waals surface area contributed by atoms with Gasteiger partial charge in [-0.15, -0.1) is 0 Å². The number of pyridine rings is 1. The number of benzene rings is 2. The van der Waals surface area contributed by atoms with Crippen LogP contribution in [0.2, 0.25) is 5.15 Å². The van der Waals surface area contributed by atoms with Crippen LogP contribution in [0.3, 0.4) is 0 Å². The molecule has 0 saturated heterocycles. The van der Waals surface area contributed by atoms with Crippen molar-refractivity contribution in [1.82, 2.24) is 30.9 Å². The Morgan fingerprint density at radius 3 is 2.06 bits per heavy atom. The first-order valence-electron chi connectivity index (χ1n) is 14.9. The molecule has 47 heavy (non-hydrogen) atoms. The van der Waals surface area contributed by atoms with E-state index in [0.29, 0.717) is 13.0 Å². The summed E-state index contributed by atoms with van der Waals surface area (Å²) >= 11 is 5.81. The topological polar surface area (TPSA) is 222 Å². The number of rotatable bonds is 14. The highest BCUT2D eigenvalue weighted by atomic mass is 35.5. The third kappa shape index (κ3) is 10.5. The number of amides is 2. The average Bonchev–Trinajstić information content (AvgIpc) is 3.06. The van der Waals surface area contributed by atoms with Crippen LogP contribution >= 0.6 is 11.6 Å². The second-order valence-corrected chi connectivity index (χ2v) is 11.1. The minimum atomic E-state index is -1.08. The fourth-order valence-corrected chi connectivity index (χ4v) is 4.83. The van der Waals surface area contributed by atoms with Crippen molar-refractivity contribution in [3.05, 3.63) is 101 Å². The molecule has 0 unspecified atom stereocenters. The number of aliphatic carboxylic acids is 1. The lowest BCUT2D eigenvalue weighted by atomic mass is 9.99. The van der Waals surface area contributed by atoms with Crippen molar-refractivity contribution in [2.24, 2.45) is 0 Å². The molecule has 2 aromatic heterocycles. The SMILES string of the molecule is N=C(NCCCCc1ccc(-c2ccc(CCC(=O)N[C@H](Cc3ccncc3)C(=O)O)cc2)cc1)NC(=O)c1nc(Cl)c(N)nc1N. The number of unbranched alkanes of at least 4 members (excludes halogenated alkanes) is 1. The van der Waals surface area contributed by atoms with Gasteiger partial charge in [-0.05, 0) is 65.6 Å². The number of carboxylic acids is 1. The van der Waals surface area contributed by atoms with E-state index in [2.05, 4.69) is 55.2 Å². The number of aryl methyl sites for hydroxylation is 2. The first kappa shape index (κ1) is 34.3. The molecular formula is C33H36ClN9O4. The summed E-state index contributed by atoms with van der Waals surface area (Å²) in [6.07, 6.45) is 6.55. The van der Waals surface area contributed by atoms with Gasteiger partial charge >= 0.3 is 5.97 Å². The molecule has 0 aliphatic carbocycles. The molecule has 9 N–H and O–H groups in total. The van der Waals surface area contributed by atoms with Crippen LogP contribution in [-0.2, 0) is 28.9 Å². The summed E-state index contributed by atoms with van der Waals surface area (Å²) in [6, 6.07) is 18.7. The molecule has 0 saturated carbocycles. The van der Waals surface area contributed by atoms with E-state index >= 15 is 0 Å². The summed E-state index contributed by atoms with van der Waals surface area (Å²) in [4.78, 5) is 47.9. The van der Waals surface area contributed by atoms with Gasteiger partial charge < -0.3 is 27.2 Å². The van der Waals surface area contributed by atoms with E-state index in [-0.39, 0.29) is 47.2 Å². The number of aromatic nitrogens is 3. The van der Waals surface area contributed by atoms with Crippen molar-refractivity contribution in [3.63, 3.8) is 0 Å². The molecule has 0 bridgehead atoms. The van der Waals surface area contributed by atoms with Gasteiger partial charge in [0.2, 0.25) is 5.91 Å². The van der Waals surface area contributed by atoms with Crippen molar-refractivity contribution in [3.8, 4) is 11.1 Å². The largest absolute Gasteiger partial charge is 0.480 e. The quantitative estimate of drug-likeness (QED) is 0.0595. The van der Waals surface area contributed by atoms with Gasteiger partial charge in [-0.2, -0.15) is 0 Å². The van der Waals surface area contributed by atoms with Gasteiger partial charge in [0.25, 0.3) is 5.91 Å². The maximum Gasteiger partial charge on any atom is 0.326 e. The zero-order valence-electron chi connectivity index (χ0n) is 25.5. The van der Waals surface area contributed by atoms with Crippen molar-refractivity contribution in [1.29, 1.82) is 5.41 Å². The average molecular weight is 658 g/mol. The number of nitrogens with two attached hydrogens (primary N) is 2. The molecule has 4 aromatic rings. The highest BCUT2D eigenvalue weighted by Gasteiger charge is 2.20. The molecule has 2 amide bonds. The van der Waals surface area contributed by atoms with Gasteiger partial charge in [-0.3, -0.25) is 25.3 Å². The van der Waals surface area contributed by atoms with Gasteiger partial charge in [-0.1, -0.05) is 60.1 Å². The Balaban J connectivity index is 1.15. The molecule has 0 fully saturated rings. The van der Waals surface area contributed by atoms with Crippen LogP contribution in [0.25, 0.3) is 11.1 Å². The Kier molecular flexibility index (Phi) is 12.2. The fraction of sp³-hybridized carbons (Fsp3) is 0.242. The number of anilines is 2. The van der Waals surface area contributed by atoms with Crippen LogP contribution in [0.5, 0.6) is 0 Å². The summed E-state index contributed by atoms with van der Waals surface area (Å²) < 4.78 is 0. The van der Waals surface area contributed by atoms with E-state index in [1.54, 1.807) is 24.5 Å². The van der Waals surface area contributed by atoms with E-state index in [4.69, 9.17) is 28.5 Å². The number of carbonyl (C=O) groups excluding carboxylic acids is 2. The lowest BCUT2D eigenvalue weighted by molar-refractivity contribution is -0.141. The molecule has 2 aromatic carbocycles. The zero-order valence-corrected chi connectivity index (χ0v) is 26.3. The lowest BCUT2D eigenvalue weighted by Crippen LogP contribution is -2.42. The predicted octanol–water partition coefficient (Wildman–Crippen LogP) is 3.38. The van der Waals surface area contributed by atoms with Gasteiger partial charge in [0, 0.05) is 31.8 Å². The van der Waals surface area contributed by atoms with Crippen LogP contribution in [0.1, 0.15) is 46.4 Å². The van der Waals surface area contributed by atoms with Gasteiger partial charge in [0.05, 0.1) is 0 Å². The normalized spacial score (nSPS) is 11.3. The number of guanidine groups is 1. The Morgan fingerprint density at radius 1 is 0.830 bits per heavy atom. The minimum Gasteiger partial charge on any atom is -0.480 e. The zero-order chi connectivity index (χ0) is 33.8. The maximum atomic E-state index is 12.5. The molecule has 0 aliphatic rings. The van der Waals surface area contributed by atoms with Crippen LogP contribution in [0.4, 0.5) is 11.6 Å². The first-order chi connectivity index (χ1) is 22.6. The van der Waals surface area contributed by atoms with Crippen molar-refractivity contribution < 1.29 is 19.5 Å². The molecule has 0 radical (unpaired) electrons. The second kappa shape index (κ2) is 16.7. The van der Waals surface area contributed by atoms with Crippen molar-refractivity contribution in [2.75, 3.05) is 18.0 Å². The standard InChI is InChI=1S/C33H36ClN9O4/c34-28-30(36)42-29(35)27(41-28)31(45)43-33(37)39-16-2-1-3-20-4-9-23(10-5-20)24-11-6-21(7-12-24)8-13-26(44)40-25(32(46)47)19-22-14-17-38-18-15-22/h4-7,9-12,14-15,17-18,25H,1-3,8,13,16,19H2,(H,40,44)(H,46,47)(H4,35,36,42)(H3,37,39,43,45)/t25-/m1/s1. The van der Waals surface area contributed by atoms with Crippen LogP contribution in [-0.4, -0.2) is 56.4 Å². The van der Waals surface area contributed by atoms with Crippen LogP contribution < -0.4 is 27.4 Å². The van der Waals surface area contributed by atoms with Crippen molar-refractivity contribution in [2.45, 2.75) is 44.6 Å². The highest BCUT2D eigenvalue weighted by molar-refractivity contribution is 6.31. The summed E-state index contributed by atoms with van der Waals surface area (Å²) in [5.74, 6) is -2.55. The van der Waals surface area contributed by atoms with Crippen LogP contribution in [0.15, 0.2) is 73.1 Å². The van der Waals surface area contributed by atoms with E-state index in [0.717, 1.165) is 41.5 Å². The third-order valence-corrected chi connectivity index (χ3v) is 7.54. The Bertz CT molecular complexity index is 1700. The highest BCUT2D eigenvalue weighted by Crippen LogP contribution is 2.22. The van der Waals surface area contributed by atoms with Crippen molar-refractivity contribution >= 4 is 47.0 Å². The number of nitrogen functional groups attached to an aromatic ring is 2. The number of nitrogens with one attached hydrogen (secondary N) is 4. The number of carbonyl (C=O) groups is 3. The molecule has 1 atom stereocenters. The van der Waals surface area contributed by atoms with E-state index in [1.807, 2.05) is 24.3 Å². The smallest absolute Gasteiger partial charge is 0.326 e. The number of carboxylic acid groups (broad SMARTS) is 1. The molecule has 0 aliphatic heterocycles. The Morgan fingerprint density at radius 2 is 1.45 bits per heavy atom. The third-order valence-electron chi connectivity index (χ3n) is 7.26. The molecule has 13 nitrogen and oxygen atoms in total. The van der Waals surface area contributed by atoms with E-state index in [1.165, 1.54) is 5.56 Å². The first-order valence-corrected chi connectivity index (χ1v) is 15.3. The van der Waals surface area contributed by atoms with Gasteiger partial charge in [-0.25, -0.2) is 14.8 Å². The van der Waals surface area contributed by atoms with E-state index < -0.39 is 17.9 Å². The summed E-state index contributed by atoms with van der Waals surface area (Å²) in [7, 11) is 0. The monoisotopic (exact) mass is 657 g/mol. The molecule has 0 spiro atoms. The van der Waals surface area contributed by atoms with Gasteiger partial charge in [0.15, 0.2) is 28.4 Å². The molecular weight excluding hydrogens is 622 g/mol. The van der Waals surface area contributed by atoms with E-state index in [9.17, 15) is 19.5 Å². The maximum absolute atomic E-state index is 12.5. The number of halogens is 1. The number of nitrogens with zero attached hydrogens (tertiary/aromatic N) is 3. The number of hydrogen-bond donors (Lipinski definition) is 7. The molecule has 244 valence electrons. The summed E-state index contributed by atoms with van der Waals surface area (Å²) in [5.41, 5.74) is 16.0. The summed E-state index contributed by atoms with van der Waals surface area (Å²) in [5, 5.41) is 25.1. The minimum absolute atomic E-state index is 0.0816. The molecule has 2 heterocycles. The number of hydrogen-bond acceptors (Lipinski definition) is 9. The molecule has 14 heteroatoms. The second-order valence-electron chi connectivity index (χ2n) is 10.8. The van der Waals surface area contributed by atoms with Gasteiger partial charge in [0.1, 0.15) is 6.04 Å². The lowest BCUT2D eigenvalue weighted by Gasteiger charge is -2.14. The Labute approximate surface area is 276 Å². The van der Waals surface area contributed by atoms with Crippen LogP contribution in [0, 0.1) is 5.41 Å². The fourth-order valence-electron chi connectivity index (χ4n) is 4.70.